The molecule has 0 radical (unpaired) electrons. The molecule has 3 N–H and O–H groups in total. The fourth-order valence-electron chi connectivity index (χ4n) is 2.04. The Morgan fingerprint density at radius 1 is 1.63 bits per heavy atom. The lowest BCUT2D eigenvalue weighted by Crippen LogP contribution is -2.32. The molecule has 1 amide bonds. The van der Waals surface area contributed by atoms with Crippen LogP contribution in [0.4, 0.5) is 10.8 Å². The summed E-state index contributed by atoms with van der Waals surface area (Å²) in [7, 11) is 2.00. The minimum Gasteiger partial charge on any atom is -0.382 e. The van der Waals surface area contributed by atoms with Crippen LogP contribution in [0.15, 0.2) is 0 Å². The van der Waals surface area contributed by atoms with Crippen molar-refractivity contribution in [1.82, 2.24) is 9.69 Å². The Kier molecular flexibility index (Phi) is 4.29. The number of anilines is 2. The maximum Gasteiger partial charge on any atom is 0.258 e. The van der Waals surface area contributed by atoms with Crippen molar-refractivity contribution in [2.45, 2.75) is 51.6 Å². The van der Waals surface area contributed by atoms with E-state index in [4.69, 9.17) is 5.73 Å². The highest BCUT2D eigenvalue weighted by atomic mass is 32.1. The third kappa shape index (κ3) is 3.18. The molecule has 0 saturated heterocycles. The first kappa shape index (κ1) is 14.1. The standard InChI is InChI=1S/C13H22N4OS/c1-4-5-8(2)17(3)13-10(11(14)16-19-13)12(18)15-9-6-7-9/h8-9H,4-7H2,1-3H3,(H2,14,16)(H,15,18). The SMILES string of the molecule is CCCC(C)N(C)c1snc(N)c1C(=O)NC1CC1. The van der Waals surface area contributed by atoms with Gasteiger partial charge in [-0.3, -0.25) is 4.79 Å². The van der Waals surface area contributed by atoms with E-state index in [1.165, 1.54) is 11.5 Å². The molecule has 19 heavy (non-hydrogen) atoms. The Labute approximate surface area is 118 Å². The molecular formula is C13H22N4OS. The second-order valence-corrected chi connectivity index (χ2v) is 6.00. The van der Waals surface area contributed by atoms with Gasteiger partial charge in [0.2, 0.25) is 0 Å². The number of nitrogens with zero attached hydrogens (tertiary/aromatic N) is 2. The minimum absolute atomic E-state index is 0.0840. The van der Waals surface area contributed by atoms with Gasteiger partial charge in [0.25, 0.3) is 5.91 Å². The quantitative estimate of drug-likeness (QED) is 0.839. The summed E-state index contributed by atoms with van der Waals surface area (Å²) in [5.74, 6) is 0.257. The average Bonchev–Trinajstić information content (AvgIpc) is 3.09. The van der Waals surface area contributed by atoms with Gasteiger partial charge in [-0.2, -0.15) is 4.37 Å². The predicted octanol–water partition coefficient (Wildman–Crippen LogP) is 2.24. The number of nitrogen functional groups attached to an aromatic ring is 1. The van der Waals surface area contributed by atoms with Gasteiger partial charge in [-0.1, -0.05) is 13.3 Å². The average molecular weight is 282 g/mol. The fraction of sp³-hybridized carbons (Fsp3) is 0.692. The summed E-state index contributed by atoms with van der Waals surface area (Å²) in [4.78, 5) is 14.3. The molecule has 0 aliphatic heterocycles. The molecule has 1 atom stereocenters. The minimum atomic E-state index is -0.0840. The number of hydrogen-bond acceptors (Lipinski definition) is 5. The second kappa shape index (κ2) is 5.77. The lowest BCUT2D eigenvalue weighted by molar-refractivity contribution is 0.0952. The number of hydrogen-bond donors (Lipinski definition) is 2. The van der Waals surface area contributed by atoms with Crippen molar-refractivity contribution in [1.29, 1.82) is 0 Å². The number of nitrogens with two attached hydrogens (primary N) is 1. The highest BCUT2D eigenvalue weighted by Crippen LogP contribution is 2.32. The Balaban J connectivity index is 2.17. The van der Waals surface area contributed by atoms with E-state index in [0.29, 0.717) is 23.5 Å². The molecule has 1 aliphatic rings. The molecule has 0 spiro atoms. The molecule has 1 aromatic rings. The molecule has 5 nitrogen and oxygen atoms in total. The van der Waals surface area contributed by atoms with E-state index in [1.807, 2.05) is 7.05 Å². The van der Waals surface area contributed by atoms with Gasteiger partial charge < -0.3 is 16.0 Å². The number of amides is 1. The maximum absolute atomic E-state index is 12.2. The van der Waals surface area contributed by atoms with Crippen LogP contribution in [-0.2, 0) is 0 Å². The van der Waals surface area contributed by atoms with Crippen LogP contribution < -0.4 is 16.0 Å². The Morgan fingerprint density at radius 3 is 2.89 bits per heavy atom. The molecule has 1 fully saturated rings. The van der Waals surface area contributed by atoms with Crippen molar-refractivity contribution in [3.8, 4) is 0 Å². The highest BCUT2D eigenvalue weighted by Gasteiger charge is 2.29. The van der Waals surface area contributed by atoms with Crippen LogP contribution >= 0.6 is 11.5 Å². The van der Waals surface area contributed by atoms with Crippen molar-refractivity contribution in [3.05, 3.63) is 5.56 Å². The van der Waals surface area contributed by atoms with E-state index < -0.39 is 0 Å². The third-order valence-electron chi connectivity index (χ3n) is 3.53. The summed E-state index contributed by atoms with van der Waals surface area (Å²) < 4.78 is 4.15. The monoisotopic (exact) mass is 282 g/mol. The van der Waals surface area contributed by atoms with Gasteiger partial charge in [-0.15, -0.1) is 0 Å². The zero-order chi connectivity index (χ0) is 14.0. The fourth-order valence-corrected chi connectivity index (χ4v) is 2.92. The maximum atomic E-state index is 12.2. The first-order valence-corrected chi connectivity index (χ1v) is 7.60. The second-order valence-electron chi connectivity index (χ2n) is 5.24. The first-order valence-electron chi connectivity index (χ1n) is 6.83. The summed E-state index contributed by atoms with van der Waals surface area (Å²) >= 11 is 1.30. The van der Waals surface area contributed by atoms with Crippen molar-refractivity contribution < 1.29 is 4.79 Å². The molecule has 1 unspecified atom stereocenters. The number of aromatic nitrogens is 1. The van der Waals surface area contributed by atoms with Gasteiger partial charge in [-0.05, 0) is 37.7 Å². The lowest BCUT2D eigenvalue weighted by Gasteiger charge is -2.25. The molecule has 0 bridgehead atoms. The normalized spacial score (nSPS) is 16.2. The van der Waals surface area contributed by atoms with Crippen molar-refractivity contribution >= 4 is 28.3 Å². The van der Waals surface area contributed by atoms with Gasteiger partial charge in [0, 0.05) is 19.1 Å². The summed E-state index contributed by atoms with van der Waals surface area (Å²) in [6, 6.07) is 0.704. The summed E-state index contributed by atoms with van der Waals surface area (Å²) in [6.07, 6.45) is 4.34. The van der Waals surface area contributed by atoms with Gasteiger partial charge in [0.15, 0.2) is 5.82 Å². The van der Waals surface area contributed by atoms with Crippen LogP contribution in [0.25, 0.3) is 0 Å². The Hall–Kier alpha value is -1.30. The van der Waals surface area contributed by atoms with E-state index in [9.17, 15) is 4.79 Å². The number of carbonyl (C=O) groups is 1. The third-order valence-corrected chi connectivity index (χ3v) is 4.48. The lowest BCUT2D eigenvalue weighted by atomic mass is 10.1. The van der Waals surface area contributed by atoms with Crippen molar-refractivity contribution in [3.63, 3.8) is 0 Å². The van der Waals surface area contributed by atoms with E-state index in [1.54, 1.807) is 0 Å². The molecule has 1 saturated carbocycles. The molecule has 1 heterocycles. The number of rotatable bonds is 6. The summed E-state index contributed by atoms with van der Waals surface area (Å²) in [6.45, 7) is 4.31. The van der Waals surface area contributed by atoms with Crippen LogP contribution in [0.2, 0.25) is 0 Å². The number of nitrogens with one attached hydrogen (secondary N) is 1. The molecular weight excluding hydrogens is 260 g/mol. The van der Waals surface area contributed by atoms with Crippen molar-refractivity contribution in [2.24, 2.45) is 0 Å². The molecule has 1 aromatic heterocycles. The zero-order valence-electron chi connectivity index (χ0n) is 11.8. The van der Waals surface area contributed by atoms with E-state index in [-0.39, 0.29) is 5.91 Å². The van der Waals surface area contributed by atoms with Crippen LogP contribution in [-0.4, -0.2) is 29.4 Å². The van der Waals surface area contributed by atoms with Crippen LogP contribution in [0.1, 0.15) is 49.9 Å². The topological polar surface area (TPSA) is 71.2 Å². The smallest absolute Gasteiger partial charge is 0.258 e. The van der Waals surface area contributed by atoms with Gasteiger partial charge in [-0.25, -0.2) is 0 Å². The highest BCUT2D eigenvalue weighted by molar-refractivity contribution is 7.11. The summed E-state index contributed by atoms with van der Waals surface area (Å²) in [5, 5.41) is 3.86. The van der Waals surface area contributed by atoms with Crippen molar-refractivity contribution in [2.75, 3.05) is 17.7 Å². The van der Waals surface area contributed by atoms with Crippen LogP contribution in [0, 0.1) is 0 Å². The van der Waals surface area contributed by atoms with Crippen LogP contribution in [0.5, 0.6) is 0 Å². The molecule has 2 rings (SSSR count). The van der Waals surface area contributed by atoms with Gasteiger partial charge in [0.05, 0.1) is 0 Å². The van der Waals surface area contributed by atoms with Gasteiger partial charge in [0.1, 0.15) is 10.6 Å². The van der Waals surface area contributed by atoms with Gasteiger partial charge >= 0.3 is 0 Å². The largest absolute Gasteiger partial charge is 0.382 e. The van der Waals surface area contributed by atoms with Crippen LogP contribution in [0.3, 0.4) is 0 Å². The predicted molar refractivity (Wildman–Crippen MR) is 79.8 cm³/mol. The van der Waals surface area contributed by atoms with E-state index >= 15 is 0 Å². The molecule has 0 aromatic carbocycles. The molecule has 106 valence electrons. The molecule has 1 aliphatic carbocycles. The zero-order valence-corrected chi connectivity index (χ0v) is 12.6. The molecule has 6 heteroatoms. The van der Waals surface area contributed by atoms with E-state index in [0.717, 1.165) is 30.7 Å². The number of carbonyl (C=O) groups excluding carboxylic acids is 1. The van der Waals surface area contributed by atoms with E-state index in [2.05, 4.69) is 28.4 Å². The Morgan fingerprint density at radius 2 is 2.32 bits per heavy atom. The summed E-state index contributed by atoms with van der Waals surface area (Å²) in [5.41, 5.74) is 6.41. The Bertz CT molecular complexity index is 455. The first-order chi connectivity index (χ1) is 9.04.